The predicted octanol–water partition coefficient (Wildman–Crippen LogP) is 3.76. The largest absolute Gasteiger partial charge is 0.321 e. The van der Waals surface area contributed by atoms with E-state index in [1.165, 1.54) is 11.3 Å². The Morgan fingerprint density at radius 3 is 2.50 bits per heavy atom. The molecule has 1 nitrogen and oxygen atoms in total. The summed E-state index contributed by atoms with van der Waals surface area (Å²) in [5.74, 6) is 0. The molecule has 0 aromatic rings. The average molecular weight is 187 g/mol. The molecule has 0 radical (unpaired) electrons. The topological polar surface area (TPSA) is 3.24 Å². The van der Waals surface area contributed by atoms with Crippen LogP contribution in [-0.2, 0) is 0 Å². The third-order valence-electron chi connectivity index (χ3n) is 2.44. The van der Waals surface area contributed by atoms with Crippen molar-refractivity contribution in [1.82, 2.24) is 4.90 Å². The molecular formula is C13H17N. The Hall–Kier alpha value is -1.50. The minimum atomic E-state index is 0.987. The van der Waals surface area contributed by atoms with E-state index in [1.54, 1.807) is 0 Å². The highest BCUT2D eigenvalue weighted by Gasteiger charge is 2.12. The first-order valence-corrected chi connectivity index (χ1v) is 4.71. The van der Waals surface area contributed by atoms with Crippen molar-refractivity contribution in [2.45, 2.75) is 20.8 Å². The van der Waals surface area contributed by atoms with Crippen LogP contribution >= 0.6 is 0 Å². The summed E-state index contributed by atoms with van der Waals surface area (Å²) in [6.45, 7) is 14.1. The van der Waals surface area contributed by atoms with Gasteiger partial charge in [0.2, 0.25) is 0 Å². The molecule has 0 aromatic carbocycles. The molecule has 0 spiro atoms. The Kier molecular flexibility index (Phi) is 3.13. The molecule has 1 aliphatic heterocycles. The zero-order chi connectivity index (χ0) is 10.7. The van der Waals surface area contributed by atoms with Crippen molar-refractivity contribution < 1.29 is 0 Å². The van der Waals surface area contributed by atoms with E-state index >= 15 is 0 Å². The van der Waals surface area contributed by atoms with E-state index in [1.807, 2.05) is 24.4 Å². The standard InChI is InChI=1S/C13H17N/c1-6-13-8-7-9-14(12(13)5)11(4)10(2)3/h6-9H,1,5H2,2-4H3. The first-order chi connectivity index (χ1) is 6.57. The van der Waals surface area contributed by atoms with Crippen molar-refractivity contribution in [3.8, 4) is 0 Å². The SMILES string of the molecule is C=CC1=CC=CN(C(C)=C(C)C)C1=C. The van der Waals surface area contributed by atoms with Gasteiger partial charge in [-0.05, 0) is 32.4 Å². The van der Waals surface area contributed by atoms with Crippen LogP contribution in [0.25, 0.3) is 0 Å². The number of allylic oxidation sites excluding steroid dienone is 5. The summed E-state index contributed by atoms with van der Waals surface area (Å²) in [4.78, 5) is 2.09. The van der Waals surface area contributed by atoms with Gasteiger partial charge in [-0.15, -0.1) is 0 Å². The van der Waals surface area contributed by atoms with Crippen molar-refractivity contribution in [3.05, 3.63) is 60.1 Å². The molecule has 1 aliphatic rings. The number of hydrogen-bond donors (Lipinski definition) is 0. The van der Waals surface area contributed by atoms with Gasteiger partial charge in [-0.1, -0.05) is 30.9 Å². The smallest absolute Gasteiger partial charge is 0.0452 e. The normalized spacial score (nSPS) is 15.2. The van der Waals surface area contributed by atoms with Crippen LogP contribution < -0.4 is 0 Å². The van der Waals surface area contributed by atoms with Crippen LogP contribution in [0, 0.1) is 0 Å². The molecule has 0 aromatic heterocycles. The Bertz CT molecular complexity index is 349. The molecule has 0 fully saturated rings. The molecule has 1 heterocycles. The van der Waals surface area contributed by atoms with E-state index in [4.69, 9.17) is 0 Å². The first-order valence-electron chi connectivity index (χ1n) is 4.71. The lowest BCUT2D eigenvalue weighted by atomic mass is 10.1. The van der Waals surface area contributed by atoms with E-state index < -0.39 is 0 Å². The highest BCUT2D eigenvalue weighted by atomic mass is 15.1. The summed E-state index contributed by atoms with van der Waals surface area (Å²) >= 11 is 0. The molecule has 0 saturated heterocycles. The second kappa shape index (κ2) is 4.14. The number of rotatable bonds is 2. The predicted molar refractivity (Wildman–Crippen MR) is 62.4 cm³/mol. The number of hydrogen-bond acceptors (Lipinski definition) is 1. The maximum atomic E-state index is 4.05. The van der Waals surface area contributed by atoms with E-state index in [0.29, 0.717) is 0 Å². The lowest BCUT2D eigenvalue weighted by molar-refractivity contribution is 0.577. The van der Waals surface area contributed by atoms with Crippen LogP contribution in [0.4, 0.5) is 0 Å². The molecule has 14 heavy (non-hydrogen) atoms. The molecule has 1 heteroatoms. The van der Waals surface area contributed by atoms with Crippen molar-refractivity contribution in [2.24, 2.45) is 0 Å². The summed E-state index contributed by atoms with van der Waals surface area (Å²) in [7, 11) is 0. The molecule has 0 bridgehead atoms. The zero-order valence-corrected chi connectivity index (χ0v) is 9.17. The van der Waals surface area contributed by atoms with Crippen LogP contribution in [0.5, 0.6) is 0 Å². The van der Waals surface area contributed by atoms with Crippen molar-refractivity contribution in [2.75, 3.05) is 0 Å². The monoisotopic (exact) mass is 187 g/mol. The van der Waals surface area contributed by atoms with Gasteiger partial charge in [-0.25, -0.2) is 0 Å². The molecule has 0 amide bonds. The molecule has 0 N–H and O–H groups in total. The van der Waals surface area contributed by atoms with Crippen LogP contribution in [0.2, 0.25) is 0 Å². The minimum absolute atomic E-state index is 0.987. The van der Waals surface area contributed by atoms with Gasteiger partial charge in [0.05, 0.1) is 0 Å². The van der Waals surface area contributed by atoms with Gasteiger partial charge >= 0.3 is 0 Å². The van der Waals surface area contributed by atoms with Gasteiger partial charge in [0.15, 0.2) is 0 Å². The number of nitrogens with zero attached hydrogens (tertiary/aromatic N) is 1. The maximum absolute atomic E-state index is 4.05. The summed E-state index contributed by atoms with van der Waals surface area (Å²) in [6, 6.07) is 0. The lowest BCUT2D eigenvalue weighted by Crippen LogP contribution is -2.17. The third kappa shape index (κ3) is 1.87. The maximum Gasteiger partial charge on any atom is 0.0452 e. The second-order valence-electron chi connectivity index (χ2n) is 3.57. The van der Waals surface area contributed by atoms with Gasteiger partial charge in [0.25, 0.3) is 0 Å². The van der Waals surface area contributed by atoms with Crippen molar-refractivity contribution >= 4 is 0 Å². The molecule has 0 atom stereocenters. The molecule has 0 saturated carbocycles. The quantitative estimate of drug-likeness (QED) is 0.636. The fraction of sp³-hybridized carbons (Fsp3) is 0.231. The summed E-state index contributed by atoms with van der Waals surface area (Å²) < 4.78 is 0. The molecule has 0 aliphatic carbocycles. The average Bonchev–Trinajstić information content (AvgIpc) is 2.17. The molecule has 1 rings (SSSR count). The van der Waals surface area contributed by atoms with Gasteiger partial charge in [0, 0.05) is 17.6 Å². The highest BCUT2D eigenvalue weighted by molar-refractivity contribution is 5.44. The Morgan fingerprint density at radius 2 is 2.00 bits per heavy atom. The molecule has 0 unspecified atom stereocenters. The zero-order valence-electron chi connectivity index (χ0n) is 9.17. The van der Waals surface area contributed by atoms with Gasteiger partial charge in [-0.3, -0.25) is 0 Å². The Labute approximate surface area is 86.4 Å². The minimum Gasteiger partial charge on any atom is -0.321 e. The van der Waals surface area contributed by atoms with Gasteiger partial charge in [-0.2, -0.15) is 0 Å². The van der Waals surface area contributed by atoms with Gasteiger partial charge in [0.1, 0.15) is 0 Å². The summed E-state index contributed by atoms with van der Waals surface area (Å²) in [5.41, 5.74) is 4.58. The fourth-order valence-corrected chi connectivity index (χ4v) is 1.30. The Morgan fingerprint density at radius 1 is 1.36 bits per heavy atom. The fourth-order valence-electron chi connectivity index (χ4n) is 1.30. The first kappa shape index (κ1) is 10.6. The van der Waals surface area contributed by atoms with Gasteiger partial charge < -0.3 is 4.90 Å². The van der Waals surface area contributed by atoms with E-state index in [2.05, 4.69) is 38.8 Å². The summed E-state index contributed by atoms with van der Waals surface area (Å²) in [6.07, 6.45) is 7.89. The lowest BCUT2D eigenvalue weighted by Gasteiger charge is -2.27. The molecule has 74 valence electrons. The Balaban J connectivity index is 3.03. The van der Waals surface area contributed by atoms with Crippen LogP contribution in [-0.4, -0.2) is 4.90 Å². The van der Waals surface area contributed by atoms with Crippen LogP contribution in [0.1, 0.15) is 20.8 Å². The molecular weight excluding hydrogens is 170 g/mol. The van der Waals surface area contributed by atoms with Crippen LogP contribution in [0.3, 0.4) is 0 Å². The van der Waals surface area contributed by atoms with E-state index in [-0.39, 0.29) is 0 Å². The summed E-state index contributed by atoms with van der Waals surface area (Å²) in [5, 5.41) is 0. The van der Waals surface area contributed by atoms with Crippen molar-refractivity contribution in [1.29, 1.82) is 0 Å². The van der Waals surface area contributed by atoms with Crippen LogP contribution in [0.15, 0.2) is 60.1 Å². The van der Waals surface area contributed by atoms with E-state index in [0.717, 1.165) is 11.3 Å². The van der Waals surface area contributed by atoms with Crippen molar-refractivity contribution in [3.63, 3.8) is 0 Å². The highest BCUT2D eigenvalue weighted by Crippen LogP contribution is 2.25. The third-order valence-corrected chi connectivity index (χ3v) is 2.44. The van der Waals surface area contributed by atoms with E-state index in [9.17, 15) is 0 Å². The second-order valence-corrected chi connectivity index (χ2v) is 3.57.